The molecule has 0 saturated carbocycles. The summed E-state index contributed by atoms with van der Waals surface area (Å²) in [7, 11) is 0. The van der Waals surface area contributed by atoms with E-state index in [-0.39, 0.29) is 5.91 Å². The van der Waals surface area contributed by atoms with Crippen LogP contribution < -0.4 is 4.90 Å². The number of hydrogen-bond donors (Lipinski definition) is 0. The van der Waals surface area contributed by atoms with Crippen molar-refractivity contribution in [2.45, 2.75) is 9.79 Å². The summed E-state index contributed by atoms with van der Waals surface area (Å²) in [6, 6.07) is 27.6. The van der Waals surface area contributed by atoms with Gasteiger partial charge in [0.2, 0.25) is 0 Å². The van der Waals surface area contributed by atoms with Crippen molar-refractivity contribution in [3.63, 3.8) is 0 Å². The van der Waals surface area contributed by atoms with E-state index < -0.39 is 0 Å². The minimum Gasteiger partial charge on any atom is -0.273 e. The topological polar surface area (TPSA) is 33.2 Å². The molecule has 5 rings (SSSR count). The van der Waals surface area contributed by atoms with Crippen molar-refractivity contribution in [2.75, 3.05) is 4.90 Å². The second-order valence-corrected chi connectivity index (χ2v) is 7.15. The van der Waals surface area contributed by atoms with E-state index in [1.54, 1.807) is 22.7 Å². The molecule has 0 unspecified atom stereocenters. The highest BCUT2D eigenvalue weighted by Crippen LogP contribution is 2.48. The molecule has 0 N–H and O–H groups in total. The van der Waals surface area contributed by atoms with Crippen LogP contribution in [0, 0.1) is 0 Å². The van der Waals surface area contributed by atoms with Crippen LogP contribution in [0.5, 0.6) is 0 Å². The van der Waals surface area contributed by atoms with Gasteiger partial charge in [-0.05, 0) is 36.4 Å². The highest BCUT2D eigenvalue weighted by atomic mass is 32.2. The fourth-order valence-corrected chi connectivity index (χ4v) is 4.28. The summed E-state index contributed by atoms with van der Waals surface area (Å²) in [5.74, 6) is -0.115. The van der Waals surface area contributed by atoms with Crippen molar-refractivity contribution in [1.82, 2.24) is 4.98 Å². The van der Waals surface area contributed by atoms with Crippen molar-refractivity contribution in [3.8, 4) is 0 Å². The molecule has 26 heavy (non-hydrogen) atoms. The van der Waals surface area contributed by atoms with E-state index in [2.05, 4.69) is 4.98 Å². The van der Waals surface area contributed by atoms with Gasteiger partial charge in [0.1, 0.15) is 5.69 Å². The molecule has 0 aliphatic carbocycles. The molecular formula is C22H14N2OS. The van der Waals surface area contributed by atoms with Gasteiger partial charge in [0.15, 0.2) is 0 Å². The summed E-state index contributed by atoms with van der Waals surface area (Å²) in [6.45, 7) is 0. The number of benzene rings is 3. The van der Waals surface area contributed by atoms with E-state index in [4.69, 9.17) is 0 Å². The van der Waals surface area contributed by atoms with Gasteiger partial charge >= 0.3 is 0 Å². The van der Waals surface area contributed by atoms with Gasteiger partial charge in [-0.2, -0.15) is 0 Å². The number of para-hydroxylation sites is 3. The summed E-state index contributed by atoms with van der Waals surface area (Å²) < 4.78 is 0. The largest absolute Gasteiger partial charge is 0.281 e. The molecule has 3 aromatic carbocycles. The van der Waals surface area contributed by atoms with E-state index in [0.29, 0.717) is 5.69 Å². The Bertz CT molecular complexity index is 1110. The number of nitrogens with zero attached hydrogens (tertiary/aromatic N) is 2. The smallest absolute Gasteiger partial charge is 0.273 e. The minimum atomic E-state index is -0.115. The van der Waals surface area contributed by atoms with Crippen molar-refractivity contribution >= 4 is 39.9 Å². The first-order chi connectivity index (χ1) is 12.8. The third-order valence-electron chi connectivity index (χ3n) is 4.45. The summed E-state index contributed by atoms with van der Waals surface area (Å²) in [4.78, 5) is 21.9. The molecule has 1 aliphatic heterocycles. The maximum atomic E-state index is 13.4. The maximum absolute atomic E-state index is 13.4. The van der Waals surface area contributed by atoms with E-state index in [1.807, 2.05) is 78.9 Å². The second kappa shape index (κ2) is 6.00. The zero-order valence-corrected chi connectivity index (χ0v) is 14.6. The predicted molar refractivity (Wildman–Crippen MR) is 105 cm³/mol. The quantitative estimate of drug-likeness (QED) is 0.441. The molecule has 1 aliphatic rings. The third kappa shape index (κ3) is 2.38. The molecule has 3 nitrogen and oxygen atoms in total. The third-order valence-corrected chi connectivity index (χ3v) is 5.58. The first-order valence-corrected chi connectivity index (χ1v) is 9.19. The standard InChI is InChI=1S/C22H14N2OS/c25-22(17-14-13-15-7-1-2-8-16(15)23-17)24-18-9-3-5-11-20(18)26-21-12-6-4-10-19(21)24/h1-14H. The summed E-state index contributed by atoms with van der Waals surface area (Å²) in [5.41, 5.74) is 3.07. The van der Waals surface area contributed by atoms with Gasteiger partial charge < -0.3 is 0 Å². The van der Waals surface area contributed by atoms with Gasteiger partial charge in [0.05, 0.1) is 16.9 Å². The second-order valence-electron chi connectivity index (χ2n) is 6.07. The molecule has 0 atom stereocenters. The Labute approximate surface area is 155 Å². The lowest BCUT2D eigenvalue weighted by Crippen LogP contribution is -2.29. The van der Waals surface area contributed by atoms with Gasteiger partial charge in [-0.15, -0.1) is 0 Å². The number of anilines is 2. The Morgan fingerprint density at radius 3 is 2.08 bits per heavy atom. The fraction of sp³-hybridized carbons (Fsp3) is 0. The number of carbonyl (C=O) groups excluding carboxylic acids is 1. The molecule has 4 aromatic rings. The Kier molecular flexibility index (Phi) is 3.50. The molecule has 0 radical (unpaired) electrons. The van der Waals surface area contributed by atoms with Crippen LogP contribution in [-0.2, 0) is 0 Å². The summed E-state index contributed by atoms with van der Waals surface area (Å²) >= 11 is 1.69. The molecule has 0 saturated heterocycles. The normalized spacial score (nSPS) is 12.5. The van der Waals surface area contributed by atoms with Crippen LogP contribution in [0.2, 0.25) is 0 Å². The summed E-state index contributed by atoms with van der Waals surface area (Å²) in [6.07, 6.45) is 0. The van der Waals surface area contributed by atoms with Crippen molar-refractivity contribution in [1.29, 1.82) is 0 Å². The number of amides is 1. The van der Waals surface area contributed by atoms with Crippen LogP contribution >= 0.6 is 11.8 Å². The molecule has 124 valence electrons. The first-order valence-electron chi connectivity index (χ1n) is 8.37. The number of rotatable bonds is 1. The lowest BCUT2D eigenvalue weighted by Gasteiger charge is -2.30. The van der Waals surface area contributed by atoms with Gasteiger partial charge in [-0.25, -0.2) is 4.98 Å². The van der Waals surface area contributed by atoms with E-state index in [9.17, 15) is 4.79 Å². The van der Waals surface area contributed by atoms with Gasteiger partial charge in [-0.3, -0.25) is 9.69 Å². The zero-order valence-electron chi connectivity index (χ0n) is 13.8. The van der Waals surface area contributed by atoms with Gasteiger partial charge in [-0.1, -0.05) is 60.3 Å². The first kappa shape index (κ1) is 15.2. The molecule has 1 amide bonds. The van der Waals surface area contributed by atoms with E-state index in [0.717, 1.165) is 32.1 Å². The fourth-order valence-electron chi connectivity index (χ4n) is 3.22. The molecule has 4 heteroatoms. The van der Waals surface area contributed by atoms with Gasteiger partial charge in [0.25, 0.3) is 5.91 Å². The minimum absolute atomic E-state index is 0.115. The van der Waals surface area contributed by atoms with Gasteiger partial charge in [0, 0.05) is 15.2 Å². The highest BCUT2D eigenvalue weighted by Gasteiger charge is 2.29. The monoisotopic (exact) mass is 354 g/mol. The average molecular weight is 354 g/mol. The Hall–Kier alpha value is -3.11. The Balaban J connectivity index is 1.67. The van der Waals surface area contributed by atoms with Crippen LogP contribution in [0.4, 0.5) is 11.4 Å². The number of pyridine rings is 1. The van der Waals surface area contributed by atoms with Crippen LogP contribution in [0.1, 0.15) is 10.5 Å². The Morgan fingerprint density at radius 1 is 0.731 bits per heavy atom. The van der Waals surface area contributed by atoms with Crippen molar-refractivity contribution < 1.29 is 4.79 Å². The lowest BCUT2D eigenvalue weighted by atomic mass is 10.1. The lowest BCUT2D eigenvalue weighted by molar-refractivity contribution is 0.0994. The van der Waals surface area contributed by atoms with E-state index in [1.165, 1.54) is 0 Å². The predicted octanol–water partition coefficient (Wildman–Crippen LogP) is 5.68. The number of hydrogen-bond acceptors (Lipinski definition) is 3. The average Bonchev–Trinajstić information content (AvgIpc) is 2.71. The summed E-state index contributed by atoms with van der Waals surface area (Å²) in [5, 5.41) is 1.03. The van der Waals surface area contributed by atoms with Crippen LogP contribution in [0.3, 0.4) is 0 Å². The number of aromatic nitrogens is 1. The van der Waals surface area contributed by atoms with Crippen LogP contribution in [0.15, 0.2) is 94.7 Å². The number of carbonyl (C=O) groups is 1. The van der Waals surface area contributed by atoms with Crippen LogP contribution in [-0.4, -0.2) is 10.9 Å². The molecule has 0 fully saturated rings. The zero-order chi connectivity index (χ0) is 17.5. The molecule has 1 aromatic heterocycles. The molecule has 0 spiro atoms. The van der Waals surface area contributed by atoms with Crippen LogP contribution in [0.25, 0.3) is 10.9 Å². The number of fused-ring (bicyclic) bond motifs is 3. The van der Waals surface area contributed by atoms with Crippen molar-refractivity contribution in [2.24, 2.45) is 0 Å². The highest BCUT2D eigenvalue weighted by molar-refractivity contribution is 7.99. The SMILES string of the molecule is O=C(c1ccc2ccccc2n1)N1c2ccccc2Sc2ccccc21. The molecular weight excluding hydrogens is 340 g/mol. The Morgan fingerprint density at radius 2 is 1.35 bits per heavy atom. The molecule has 0 bridgehead atoms. The maximum Gasteiger partial charge on any atom is 0.281 e. The molecule has 2 heterocycles. The van der Waals surface area contributed by atoms with E-state index >= 15 is 0 Å². The van der Waals surface area contributed by atoms with Crippen molar-refractivity contribution in [3.05, 3.63) is 90.6 Å².